The van der Waals surface area contributed by atoms with Crippen molar-refractivity contribution in [2.24, 2.45) is 23.7 Å². The summed E-state index contributed by atoms with van der Waals surface area (Å²) in [5.74, 6) is 2.77. The predicted molar refractivity (Wildman–Crippen MR) is 144 cm³/mol. The van der Waals surface area contributed by atoms with Crippen molar-refractivity contribution >= 4 is 56.6 Å². The Kier molecular flexibility index (Phi) is 8.83. The van der Waals surface area contributed by atoms with Crippen LogP contribution in [-0.2, 0) is 9.59 Å². The smallest absolute Gasteiger partial charge is 0.245 e. The third-order valence-electron chi connectivity index (χ3n) is 6.74. The largest absolute Gasteiger partial charge is 0.338 e. The first-order valence-corrected chi connectivity index (χ1v) is 13.8. The number of fused-ring (bicyclic) bond motifs is 2. The molecule has 184 valence electrons. The molecular weight excluding hydrogens is 500 g/mol. The van der Waals surface area contributed by atoms with Crippen LogP contribution in [0, 0.1) is 23.7 Å². The monoisotopic (exact) mass is 528 g/mol. The lowest BCUT2D eigenvalue weighted by atomic mass is 10.00. The lowest BCUT2D eigenvalue weighted by molar-refractivity contribution is -0.125. The first-order valence-electron chi connectivity index (χ1n) is 11.6. The maximum absolute atomic E-state index is 11.5. The highest BCUT2D eigenvalue weighted by Crippen LogP contribution is 2.41. The van der Waals surface area contributed by atoms with Gasteiger partial charge in [0.25, 0.3) is 0 Å². The summed E-state index contributed by atoms with van der Waals surface area (Å²) in [5, 5.41) is 9.36. The van der Waals surface area contributed by atoms with Crippen LogP contribution in [-0.4, -0.2) is 52.2 Å². The number of hydrogen-bond acceptors (Lipinski definition) is 7. The molecule has 4 atom stereocenters. The normalized spacial score (nSPS) is 25.8. The van der Waals surface area contributed by atoms with Gasteiger partial charge in [-0.2, -0.15) is 0 Å². The predicted octanol–water partition coefficient (Wildman–Crippen LogP) is 4.89. The van der Waals surface area contributed by atoms with Crippen LogP contribution in [0.4, 0.5) is 0 Å². The van der Waals surface area contributed by atoms with Gasteiger partial charge in [-0.15, -0.1) is 22.7 Å². The summed E-state index contributed by atoms with van der Waals surface area (Å²) < 4.78 is 0. The van der Waals surface area contributed by atoms with Gasteiger partial charge in [0.15, 0.2) is 0 Å². The minimum Gasteiger partial charge on any atom is -0.338 e. The molecule has 0 bridgehead atoms. The maximum Gasteiger partial charge on any atom is 0.245 e. The number of carbonyl (C=O) groups excluding carboxylic acids is 2. The van der Waals surface area contributed by atoms with E-state index < -0.39 is 5.24 Å². The number of hydrogen-bond donors (Lipinski definition) is 1. The third-order valence-corrected chi connectivity index (χ3v) is 8.59. The molecule has 35 heavy (non-hydrogen) atoms. The minimum atomic E-state index is -0.509. The molecule has 2 aliphatic carbocycles. The fourth-order valence-electron chi connectivity index (χ4n) is 5.08. The van der Waals surface area contributed by atoms with E-state index in [1.807, 2.05) is 22.7 Å². The Morgan fingerprint density at radius 3 is 2.03 bits per heavy atom. The molecule has 1 amide bonds. The molecule has 6 nitrogen and oxygen atoms in total. The number of likely N-dealkylation sites (tertiary alicyclic amines) is 1. The number of rotatable bonds is 4. The van der Waals surface area contributed by atoms with Gasteiger partial charge in [0.05, 0.1) is 0 Å². The van der Waals surface area contributed by atoms with Gasteiger partial charge in [-0.3, -0.25) is 9.59 Å². The lowest BCUT2D eigenvalue weighted by Gasteiger charge is -2.14. The summed E-state index contributed by atoms with van der Waals surface area (Å²) in [6.07, 6.45) is 13.2. The van der Waals surface area contributed by atoms with Gasteiger partial charge in [0.2, 0.25) is 11.1 Å². The highest BCUT2D eigenvalue weighted by Gasteiger charge is 2.38. The maximum atomic E-state index is 11.5. The van der Waals surface area contributed by atoms with E-state index in [1.165, 1.54) is 41.7 Å². The van der Waals surface area contributed by atoms with Crippen LogP contribution in [0.1, 0.15) is 22.9 Å². The van der Waals surface area contributed by atoms with Gasteiger partial charge in [0, 0.05) is 42.8 Å². The zero-order chi connectivity index (χ0) is 24.8. The fraction of sp³-hybridized carbons (Fsp3) is 0.385. The van der Waals surface area contributed by atoms with E-state index in [0.717, 1.165) is 42.4 Å². The second-order valence-corrected chi connectivity index (χ2v) is 11.1. The molecule has 9 heteroatoms. The van der Waals surface area contributed by atoms with Crippen molar-refractivity contribution in [3.05, 3.63) is 70.6 Å². The second kappa shape index (κ2) is 12.0. The van der Waals surface area contributed by atoms with Crippen molar-refractivity contribution in [2.45, 2.75) is 12.8 Å². The van der Waals surface area contributed by atoms with Gasteiger partial charge in [-0.1, -0.05) is 25.3 Å². The summed E-state index contributed by atoms with van der Waals surface area (Å²) in [6.45, 7) is 10.7. The standard InChI is InChI=1S/C13H14N2OS.C10H12N2S.C3H3ClO/c1-2-12(16)15-7-10-5-9(6-11(10)8-15)13-14-3-4-17-13;1-2-13-10(12-1)7-3-8-5-11-6-9(8)4-7;1-2-3(4)5/h2-5,10-11H,1,6-8H2;1-3,8-9,11H,4-6H2;2H,1H2. The van der Waals surface area contributed by atoms with E-state index in [2.05, 4.69) is 46.0 Å². The van der Waals surface area contributed by atoms with E-state index in [4.69, 9.17) is 11.6 Å². The molecule has 0 spiro atoms. The molecule has 1 N–H and O–H groups in total. The van der Waals surface area contributed by atoms with Crippen LogP contribution in [0.2, 0.25) is 0 Å². The van der Waals surface area contributed by atoms with E-state index >= 15 is 0 Å². The Hall–Kier alpha value is -2.39. The quantitative estimate of drug-likeness (QED) is 0.451. The van der Waals surface area contributed by atoms with Crippen molar-refractivity contribution in [1.29, 1.82) is 0 Å². The van der Waals surface area contributed by atoms with Crippen molar-refractivity contribution in [2.75, 3.05) is 26.2 Å². The van der Waals surface area contributed by atoms with Gasteiger partial charge in [-0.05, 0) is 78.0 Å². The Balaban J connectivity index is 0.000000142. The number of nitrogens with one attached hydrogen (secondary N) is 1. The number of thiazole rings is 2. The number of carbonyl (C=O) groups is 2. The van der Waals surface area contributed by atoms with Crippen molar-refractivity contribution in [3.63, 3.8) is 0 Å². The van der Waals surface area contributed by atoms with Crippen LogP contribution in [0.5, 0.6) is 0 Å². The van der Waals surface area contributed by atoms with Gasteiger partial charge in [0.1, 0.15) is 10.0 Å². The van der Waals surface area contributed by atoms with Crippen molar-refractivity contribution in [3.8, 4) is 0 Å². The molecule has 4 heterocycles. The number of allylic oxidation sites excluding steroid dienone is 3. The molecule has 4 unspecified atom stereocenters. The fourth-order valence-corrected chi connectivity index (χ4v) is 6.43. The number of aromatic nitrogens is 2. The molecule has 2 aliphatic heterocycles. The van der Waals surface area contributed by atoms with Gasteiger partial charge < -0.3 is 10.2 Å². The Morgan fingerprint density at radius 1 is 0.943 bits per heavy atom. The van der Waals surface area contributed by atoms with Crippen molar-refractivity contribution in [1.82, 2.24) is 20.2 Å². The molecule has 2 aromatic rings. The average Bonchev–Trinajstić information content (AvgIpc) is 3.67. The lowest BCUT2D eigenvalue weighted by Crippen LogP contribution is -2.27. The SMILES string of the molecule is C1=C(c2nccs2)CC2CNCC12.C=CC(=O)Cl.C=CC(=O)N1CC2C=C(c3nccs3)CC2C1. The van der Waals surface area contributed by atoms with Gasteiger partial charge in [-0.25, -0.2) is 9.97 Å². The first-order chi connectivity index (χ1) is 17.0. The summed E-state index contributed by atoms with van der Waals surface area (Å²) in [5.41, 5.74) is 2.84. The van der Waals surface area contributed by atoms with Crippen LogP contribution >= 0.6 is 34.3 Å². The summed E-state index contributed by atoms with van der Waals surface area (Å²) >= 11 is 8.16. The molecule has 2 saturated heterocycles. The van der Waals surface area contributed by atoms with Crippen molar-refractivity contribution < 1.29 is 9.59 Å². The first kappa shape index (κ1) is 25.7. The molecule has 6 rings (SSSR count). The van der Waals surface area contributed by atoms with E-state index in [-0.39, 0.29) is 5.91 Å². The van der Waals surface area contributed by atoms with Crippen LogP contribution in [0.15, 0.2) is 60.6 Å². The average molecular weight is 529 g/mol. The second-order valence-electron chi connectivity index (χ2n) is 8.93. The van der Waals surface area contributed by atoms with E-state index in [1.54, 1.807) is 22.7 Å². The molecule has 0 radical (unpaired) electrons. The zero-order valence-electron chi connectivity index (χ0n) is 19.4. The van der Waals surface area contributed by atoms with Crippen LogP contribution < -0.4 is 5.32 Å². The Morgan fingerprint density at radius 2 is 1.54 bits per heavy atom. The number of amides is 1. The zero-order valence-corrected chi connectivity index (χ0v) is 21.8. The number of halogens is 1. The topological polar surface area (TPSA) is 75.2 Å². The molecule has 2 aromatic heterocycles. The summed E-state index contributed by atoms with van der Waals surface area (Å²) in [7, 11) is 0. The van der Waals surface area contributed by atoms with Crippen LogP contribution in [0.25, 0.3) is 11.1 Å². The third kappa shape index (κ3) is 6.44. The molecule has 0 saturated carbocycles. The Labute approximate surface area is 219 Å². The highest BCUT2D eigenvalue weighted by atomic mass is 35.5. The van der Waals surface area contributed by atoms with E-state index in [0.29, 0.717) is 11.8 Å². The molecule has 2 fully saturated rings. The minimum absolute atomic E-state index is 0.0589. The highest BCUT2D eigenvalue weighted by molar-refractivity contribution is 7.11. The number of nitrogens with zero attached hydrogens (tertiary/aromatic N) is 3. The van der Waals surface area contributed by atoms with Crippen LogP contribution in [0.3, 0.4) is 0 Å². The summed E-state index contributed by atoms with van der Waals surface area (Å²) in [6, 6.07) is 0. The Bertz CT molecular complexity index is 1110. The summed E-state index contributed by atoms with van der Waals surface area (Å²) in [4.78, 5) is 31.6. The molecular formula is C26H29ClN4O2S2. The van der Waals surface area contributed by atoms with Gasteiger partial charge >= 0.3 is 0 Å². The van der Waals surface area contributed by atoms with E-state index in [9.17, 15) is 9.59 Å². The molecule has 0 aromatic carbocycles. The molecule has 4 aliphatic rings.